The van der Waals surface area contributed by atoms with Gasteiger partial charge in [0.25, 0.3) is 0 Å². The van der Waals surface area contributed by atoms with Crippen LogP contribution in [0.4, 0.5) is 0 Å². The second-order valence-electron chi connectivity index (χ2n) is 5.49. The normalized spacial score (nSPS) is 11.2. The van der Waals surface area contributed by atoms with Crippen LogP contribution >= 0.6 is 11.3 Å². The summed E-state index contributed by atoms with van der Waals surface area (Å²) in [6.45, 7) is 9.69. The summed E-state index contributed by atoms with van der Waals surface area (Å²) in [5.41, 5.74) is 0.881. The molecule has 0 aromatic carbocycles. The molecule has 0 atom stereocenters. The van der Waals surface area contributed by atoms with E-state index in [2.05, 4.69) is 23.7 Å². The molecule has 120 valence electrons. The summed E-state index contributed by atoms with van der Waals surface area (Å²) in [6, 6.07) is 0. The Hall–Kier alpha value is -0.940. The van der Waals surface area contributed by atoms with Gasteiger partial charge in [0.05, 0.1) is 17.1 Å². The highest BCUT2D eigenvalue weighted by atomic mass is 32.1. The minimum absolute atomic E-state index is 0.0961. The number of thiazole rings is 1. The molecule has 5 heteroatoms. The van der Waals surface area contributed by atoms with Gasteiger partial charge in [0.15, 0.2) is 0 Å². The third-order valence-electron chi connectivity index (χ3n) is 3.55. The molecule has 1 aromatic heterocycles. The van der Waals surface area contributed by atoms with Gasteiger partial charge in [0, 0.05) is 17.8 Å². The van der Waals surface area contributed by atoms with Crippen molar-refractivity contribution >= 4 is 17.3 Å². The van der Waals surface area contributed by atoms with Crippen LogP contribution in [0.1, 0.15) is 55.1 Å². The van der Waals surface area contributed by atoms with Crippen LogP contribution in [0.15, 0.2) is 0 Å². The van der Waals surface area contributed by atoms with E-state index in [1.54, 1.807) is 11.3 Å². The Morgan fingerprint density at radius 1 is 1.19 bits per heavy atom. The van der Waals surface area contributed by atoms with Crippen LogP contribution in [0.5, 0.6) is 0 Å². The molecular formula is C16H28N2O2S. The number of carbonyl (C=O) groups is 1. The van der Waals surface area contributed by atoms with E-state index in [9.17, 15) is 4.79 Å². The van der Waals surface area contributed by atoms with E-state index in [-0.39, 0.29) is 6.42 Å². The number of hydrogen-bond donors (Lipinski definition) is 1. The fourth-order valence-corrected chi connectivity index (χ4v) is 3.30. The van der Waals surface area contributed by atoms with Crippen LogP contribution in [-0.4, -0.2) is 40.6 Å². The van der Waals surface area contributed by atoms with Gasteiger partial charge in [-0.3, -0.25) is 4.79 Å². The number of aliphatic carboxylic acids is 1. The van der Waals surface area contributed by atoms with Crippen molar-refractivity contribution in [3.63, 3.8) is 0 Å². The molecule has 0 aliphatic carbocycles. The van der Waals surface area contributed by atoms with E-state index < -0.39 is 5.97 Å². The van der Waals surface area contributed by atoms with Gasteiger partial charge in [-0.1, -0.05) is 26.7 Å². The zero-order chi connectivity index (χ0) is 15.7. The highest BCUT2D eigenvalue weighted by Crippen LogP contribution is 2.19. The maximum Gasteiger partial charge on any atom is 0.308 e. The second kappa shape index (κ2) is 9.90. The predicted molar refractivity (Wildman–Crippen MR) is 88.2 cm³/mol. The van der Waals surface area contributed by atoms with E-state index >= 15 is 0 Å². The molecule has 0 bridgehead atoms. The summed E-state index contributed by atoms with van der Waals surface area (Å²) < 4.78 is 0. The van der Waals surface area contributed by atoms with Crippen molar-refractivity contribution in [2.24, 2.45) is 0 Å². The van der Waals surface area contributed by atoms with Crippen LogP contribution < -0.4 is 0 Å². The molecule has 1 aromatic rings. The summed E-state index contributed by atoms with van der Waals surface area (Å²) >= 11 is 1.56. The first-order valence-electron chi connectivity index (χ1n) is 7.96. The third kappa shape index (κ3) is 7.05. The first kappa shape index (κ1) is 18.1. The van der Waals surface area contributed by atoms with E-state index in [1.807, 2.05) is 6.92 Å². The highest BCUT2D eigenvalue weighted by Gasteiger charge is 2.12. The minimum atomic E-state index is -0.777. The molecule has 0 aliphatic heterocycles. The fraction of sp³-hybridized carbons (Fsp3) is 0.750. The number of carboxylic acids is 1. The van der Waals surface area contributed by atoms with Gasteiger partial charge in [0.1, 0.15) is 0 Å². The second-order valence-corrected chi connectivity index (χ2v) is 6.65. The zero-order valence-corrected chi connectivity index (χ0v) is 14.3. The molecule has 1 heterocycles. The van der Waals surface area contributed by atoms with Crippen molar-refractivity contribution in [2.75, 3.05) is 19.6 Å². The molecule has 0 radical (unpaired) electrons. The van der Waals surface area contributed by atoms with Crippen molar-refractivity contribution in [2.45, 2.75) is 59.3 Å². The zero-order valence-electron chi connectivity index (χ0n) is 13.5. The average molecular weight is 312 g/mol. The smallest absolute Gasteiger partial charge is 0.308 e. The summed E-state index contributed by atoms with van der Waals surface area (Å²) in [7, 11) is 0. The van der Waals surface area contributed by atoms with Crippen molar-refractivity contribution in [1.29, 1.82) is 0 Å². The van der Waals surface area contributed by atoms with Crippen LogP contribution in [-0.2, 0) is 17.6 Å². The Kier molecular flexibility index (Phi) is 8.54. The van der Waals surface area contributed by atoms with Gasteiger partial charge in [-0.05, 0) is 32.9 Å². The lowest BCUT2D eigenvalue weighted by molar-refractivity contribution is -0.136. The van der Waals surface area contributed by atoms with E-state index in [1.165, 1.54) is 25.7 Å². The maximum absolute atomic E-state index is 10.8. The Morgan fingerprint density at radius 3 is 2.33 bits per heavy atom. The van der Waals surface area contributed by atoms with E-state index in [4.69, 9.17) is 5.11 Å². The topological polar surface area (TPSA) is 53.4 Å². The van der Waals surface area contributed by atoms with E-state index in [0.717, 1.165) is 41.6 Å². The highest BCUT2D eigenvalue weighted by molar-refractivity contribution is 7.11. The monoisotopic (exact) mass is 312 g/mol. The summed E-state index contributed by atoms with van der Waals surface area (Å²) in [5, 5.41) is 9.95. The number of carboxylic acid groups (broad SMARTS) is 1. The van der Waals surface area contributed by atoms with Crippen molar-refractivity contribution in [3.8, 4) is 0 Å². The molecule has 4 nitrogen and oxygen atoms in total. The quantitative estimate of drug-likeness (QED) is 0.679. The van der Waals surface area contributed by atoms with Gasteiger partial charge in [-0.25, -0.2) is 4.98 Å². The van der Waals surface area contributed by atoms with Gasteiger partial charge in [0.2, 0.25) is 0 Å². The number of unbranched alkanes of at least 4 members (excludes halogenated alkanes) is 2. The number of nitrogens with zero attached hydrogens (tertiary/aromatic N) is 2. The Labute approximate surface area is 132 Å². The number of aryl methyl sites for hydroxylation is 1. The fourth-order valence-electron chi connectivity index (χ4n) is 2.25. The SMILES string of the molecule is CCCCN(CCCC)CCc1nc(C)c(CC(=O)O)s1. The van der Waals surface area contributed by atoms with E-state index in [0.29, 0.717) is 0 Å². The van der Waals surface area contributed by atoms with Crippen molar-refractivity contribution in [1.82, 2.24) is 9.88 Å². The number of hydrogen-bond acceptors (Lipinski definition) is 4. The summed E-state index contributed by atoms with van der Waals surface area (Å²) in [4.78, 5) is 18.7. The summed E-state index contributed by atoms with van der Waals surface area (Å²) in [6.07, 6.45) is 5.96. The predicted octanol–water partition coefficient (Wildman–Crippen LogP) is 3.52. The van der Waals surface area contributed by atoms with Crippen molar-refractivity contribution in [3.05, 3.63) is 15.6 Å². The Morgan fingerprint density at radius 2 is 1.81 bits per heavy atom. The van der Waals surface area contributed by atoms with Crippen LogP contribution in [0.3, 0.4) is 0 Å². The molecular weight excluding hydrogens is 284 g/mol. The molecule has 1 N–H and O–H groups in total. The first-order valence-corrected chi connectivity index (χ1v) is 8.77. The average Bonchev–Trinajstić information content (AvgIpc) is 2.77. The molecule has 0 aliphatic rings. The largest absolute Gasteiger partial charge is 0.481 e. The molecule has 0 unspecified atom stereocenters. The molecule has 0 saturated heterocycles. The Balaban J connectivity index is 2.51. The van der Waals surface area contributed by atoms with Crippen LogP contribution in [0.25, 0.3) is 0 Å². The number of aromatic nitrogens is 1. The van der Waals surface area contributed by atoms with Gasteiger partial charge < -0.3 is 10.0 Å². The standard InChI is InChI=1S/C16H28N2O2S/c1-4-6-9-18(10-7-5-2)11-8-15-17-13(3)14(21-15)12-16(19)20/h4-12H2,1-3H3,(H,19,20). The molecule has 1 rings (SSSR count). The van der Waals surface area contributed by atoms with Gasteiger partial charge in [-0.15, -0.1) is 11.3 Å². The van der Waals surface area contributed by atoms with Gasteiger partial charge >= 0.3 is 5.97 Å². The third-order valence-corrected chi connectivity index (χ3v) is 4.76. The molecule has 0 amide bonds. The lowest BCUT2D eigenvalue weighted by atomic mass is 10.2. The first-order chi connectivity index (χ1) is 10.1. The van der Waals surface area contributed by atoms with Crippen LogP contribution in [0, 0.1) is 6.92 Å². The molecule has 0 saturated carbocycles. The van der Waals surface area contributed by atoms with Crippen molar-refractivity contribution < 1.29 is 9.90 Å². The molecule has 0 spiro atoms. The lowest BCUT2D eigenvalue weighted by Gasteiger charge is -2.21. The van der Waals surface area contributed by atoms with Gasteiger partial charge in [-0.2, -0.15) is 0 Å². The number of rotatable bonds is 11. The minimum Gasteiger partial charge on any atom is -0.481 e. The maximum atomic E-state index is 10.8. The molecule has 21 heavy (non-hydrogen) atoms. The lowest BCUT2D eigenvalue weighted by Crippen LogP contribution is -2.28. The summed E-state index contributed by atoms with van der Waals surface area (Å²) in [5.74, 6) is -0.777. The molecule has 0 fully saturated rings. The Bertz CT molecular complexity index is 424. The van der Waals surface area contributed by atoms with Crippen LogP contribution in [0.2, 0.25) is 0 Å².